The topological polar surface area (TPSA) is 66.9 Å². The van der Waals surface area contributed by atoms with Crippen LogP contribution in [0.5, 0.6) is 5.75 Å². The fourth-order valence-corrected chi connectivity index (χ4v) is 5.14. The zero-order chi connectivity index (χ0) is 18.9. The minimum Gasteiger partial charge on any atom is -0.495 e. The highest BCUT2D eigenvalue weighted by molar-refractivity contribution is 7.89. The SMILES string of the molecule is COc1ccccc1S(=O)(=O)N1CCC(=O)N(CC2CC2)C(C(C)C)C1. The van der Waals surface area contributed by atoms with Gasteiger partial charge < -0.3 is 9.64 Å². The second-order valence-electron chi connectivity index (χ2n) is 7.56. The number of benzene rings is 1. The van der Waals surface area contributed by atoms with Crippen molar-refractivity contribution in [2.24, 2.45) is 11.8 Å². The molecule has 1 amide bonds. The quantitative estimate of drug-likeness (QED) is 0.760. The van der Waals surface area contributed by atoms with E-state index in [0.29, 0.717) is 18.2 Å². The van der Waals surface area contributed by atoms with E-state index in [1.165, 1.54) is 11.4 Å². The smallest absolute Gasteiger partial charge is 0.246 e. The van der Waals surface area contributed by atoms with Crippen LogP contribution in [0.25, 0.3) is 0 Å². The van der Waals surface area contributed by atoms with Gasteiger partial charge in [-0.25, -0.2) is 8.42 Å². The summed E-state index contributed by atoms with van der Waals surface area (Å²) in [7, 11) is -2.26. The minimum atomic E-state index is -3.72. The van der Waals surface area contributed by atoms with E-state index in [4.69, 9.17) is 4.74 Å². The van der Waals surface area contributed by atoms with Crippen LogP contribution in [0.4, 0.5) is 0 Å². The maximum Gasteiger partial charge on any atom is 0.246 e. The molecule has 0 N–H and O–H groups in total. The summed E-state index contributed by atoms with van der Waals surface area (Å²) in [6, 6.07) is 6.55. The third-order valence-corrected chi connectivity index (χ3v) is 7.20. The highest BCUT2D eigenvalue weighted by Gasteiger charge is 2.39. The van der Waals surface area contributed by atoms with Crippen LogP contribution in [0.3, 0.4) is 0 Å². The van der Waals surface area contributed by atoms with E-state index in [-0.39, 0.29) is 35.7 Å². The van der Waals surface area contributed by atoms with E-state index < -0.39 is 10.0 Å². The molecule has 1 aromatic rings. The molecule has 2 fully saturated rings. The number of amides is 1. The van der Waals surface area contributed by atoms with Crippen LogP contribution in [-0.2, 0) is 14.8 Å². The number of sulfonamides is 1. The molecule has 3 rings (SSSR count). The number of para-hydroxylation sites is 1. The zero-order valence-electron chi connectivity index (χ0n) is 15.7. The van der Waals surface area contributed by atoms with Crippen molar-refractivity contribution in [1.29, 1.82) is 0 Å². The van der Waals surface area contributed by atoms with E-state index >= 15 is 0 Å². The van der Waals surface area contributed by atoms with Gasteiger partial charge in [0.25, 0.3) is 0 Å². The molecular formula is C19H28N2O4S. The monoisotopic (exact) mass is 380 g/mol. The van der Waals surface area contributed by atoms with Gasteiger partial charge in [0.2, 0.25) is 15.9 Å². The standard InChI is InChI=1S/C19H28N2O4S/c1-14(2)16-13-20(11-10-19(22)21(16)12-15-8-9-15)26(23,24)18-7-5-4-6-17(18)25-3/h4-7,14-16H,8-13H2,1-3H3. The number of carbonyl (C=O) groups excluding carboxylic acids is 1. The molecule has 26 heavy (non-hydrogen) atoms. The predicted octanol–water partition coefficient (Wildman–Crippen LogP) is 2.35. The van der Waals surface area contributed by atoms with Crippen molar-refractivity contribution in [3.8, 4) is 5.75 Å². The molecule has 144 valence electrons. The van der Waals surface area contributed by atoms with Crippen LogP contribution in [0.2, 0.25) is 0 Å². The van der Waals surface area contributed by atoms with Crippen LogP contribution in [0.1, 0.15) is 33.1 Å². The zero-order valence-corrected chi connectivity index (χ0v) is 16.5. The lowest BCUT2D eigenvalue weighted by Crippen LogP contribution is -2.48. The van der Waals surface area contributed by atoms with Gasteiger partial charge in [-0.1, -0.05) is 26.0 Å². The summed E-state index contributed by atoms with van der Waals surface area (Å²) in [4.78, 5) is 14.8. The van der Waals surface area contributed by atoms with Crippen molar-refractivity contribution in [3.05, 3.63) is 24.3 Å². The van der Waals surface area contributed by atoms with E-state index in [1.54, 1.807) is 24.3 Å². The molecule has 0 bridgehead atoms. The normalized spacial score (nSPS) is 22.5. The van der Waals surface area contributed by atoms with Crippen molar-refractivity contribution < 1.29 is 17.9 Å². The number of nitrogens with zero attached hydrogens (tertiary/aromatic N) is 2. The lowest BCUT2D eigenvalue weighted by Gasteiger charge is -2.34. The first-order valence-electron chi connectivity index (χ1n) is 9.27. The summed E-state index contributed by atoms with van der Waals surface area (Å²) in [6.07, 6.45) is 2.56. The Morgan fingerprint density at radius 3 is 2.54 bits per heavy atom. The molecule has 1 unspecified atom stereocenters. The second kappa shape index (κ2) is 7.56. The molecule has 1 atom stereocenters. The molecule has 1 heterocycles. The summed E-state index contributed by atoms with van der Waals surface area (Å²) in [5.41, 5.74) is 0. The Morgan fingerprint density at radius 1 is 1.23 bits per heavy atom. The third-order valence-electron chi connectivity index (χ3n) is 5.29. The number of carbonyl (C=O) groups is 1. The van der Waals surface area contributed by atoms with Crippen molar-refractivity contribution in [2.45, 2.75) is 44.0 Å². The molecule has 0 aromatic heterocycles. The Labute approximate surface area is 156 Å². The fourth-order valence-electron chi connectivity index (χ4n) is 3.52. The van der Waals surface area contributed by atoms with E-state index in [9.17, 15) is 13.2 Å². The van der Waals surface area contributed by atoms with Crippen molar-refractivity contribution in [2.75, 3.05) is 26.7 Å². The van der Waals surface area contributed by atoms with Gasteiger partial charge in [0.05, 0.1) is 7.11 Å². The summed E-state index contributed by atoms with van der Waals surface area (Å²) in [6.45, 7) is 5.40. The maximum atomic E-state index is 13.3. The molecule has 1 aromatic carbocycles. The van der Waals surface area contributed by atoms with Gasteiger partial charge >= 0.3 is 0 Å². The Kier molecular flexibility index (Phi) is 5.58. The molecule has 1 saturated carbocycles. The summed E-state index contributed by atoms with van der Waals surface area (Å²) < 4.78 is 33.2. The second-order valence-corrected chi connectivity index (χ2v) is 9.47. The number of rotatable bonds is 6. The average molecular weight is 381 g/mol. The van der Waals surface area contributed by atoms with Gasteiger partial charge in [-0.3, -0.25) is 4.79 Å². The Morgan fingerprint density at radius 2 is 1.92 bits per heavy atom. The summed E-state index contributed by atoms with van der Waals surface area (Å²) in [5, 5.41) is 0. The summed E-state index contributed by atoms with van der Waals surface area (Å²) in [5.74, 6) is 1.16. The first-order chi connectivity index (χ1) is 12.3. The van der Waals surface area contributed by atoms with Crippen LogP contribution in [0.15, 0.2) is 29.2 Å². The van der Waals surface area contributed by atoms with E-state index in [0.717, 1.165) is 19.4 Å². The highest BCUT2D eigenvalue weighted by atomic mass is 32.2. The Bertz CT molecular complexity index is 759. The first kappa shape index (κ1) is 19.2. The molecule has 0 spiro atoms. The van der Waals surface area contributed by atoms with Crippen molar-refractivity contribution in [1.82, 2.24) is 9.21 Å². The number of hydrogen-bond acceptors (Lipinski definition) is 4. The minimum absolute atomic E-state index is 0.0633. The molecule has 1 aliphatic heterocycles. The van der Waals surface area contributed by atoms with Gasteiger partial charge in [0.1, 0.15) is 10.6 Å². The number of ether oxygens (including phenoxy) is 1. The third kappa shape index (κ3) is 3.88. The Balaban J connectivity index is 1.91. The highest BCUT2D eigenvalue weighted by Crippen LogP contribution is 2.33. The molecular weight excluding hydrogens is 352 g/mol. The number of hydrogen-bond donors (Lipinski definition) is 0. The van der Waals surface area contributed by atoms with Gasteiger partial charge in [-0.2, -0.15) is 4.31 Å². The number of methoxy groups -OCH3 is 1. The van der Waals surface area contributed by atoms with Crippen LogP contribution in [-0.4, -0.2) is 56.3 Å². The fraction of sp³-hybridized carbons (Fsp3) is 0.632. The predicted molar refractivity (Wildman–Crippen MR) is 99.4 cm³/mol. The summed E-state index contributed by atoms with van der Waals surface area (Å²) >= 11 is 0. The van der Waals surface area contributed by atoms with Gasteiger partial charge in [-0.05, 0) is 36.8 Å². The largest absolute Gasteiger partial charge is 0.495 e. The lowest BCUT2D eigenvalue weighted by molar-refractivity contribution is -0.133. The lowest BCUT2D eigenvalue weighted by atomic mass is 10.0. The van der Waals surface area contributed by atoms with Gasteiger partial charge in [0, 0.05) is 32.1 Å². The molecule has 7 heteroatoms. The van der Waals surface area contributed by atoms with E-state index in [2.05, 4.69) is 13.8 Å². The first-order valence-corrected chi connectivity index (χ1v) is 10.7. The van der Waals surface area contributed by atoms with Crippen molar-refractivity contribution >= 4 is 15.9 Å². The van der Waals surface area contributed by atoms with E-state index in [1.807, 2.05) is 4.90 Å². The average Bonchev–Trinajstić information content (AvgIpc) is 3.44. The van der Waals surface area contributed by atoms with Crippen LogP contribution in [0, 0.1) is 11.8 Å². The van der Waals surface area contributed by atoms with Crippen LogP contribution < -0.4 is 4.74 Å². The van der Waals surface area contributed by atoms with Crippen molar-refractivity contribution in [3.63, 3.8) is 0 Å². The molecule has 1 saturated heterocycles. The van der Waals surface area contributed by atoms with Gasteiger partial charge in [0.15, 0.2) is 0 Å². The molecule has 6 nitrogen and oxygen atoms in total. The molecule has 0 radical (unpaired) electrons. The maximum absolute atomic E-state index is 13.3. The molecule has 1 aliphatic carbocycles. The Hall–Kier alpha value is -1.60. The van der Waals surface area contributed by atoms with Gasteiger partial charge in [-0.15, -0.1) is 0 Å². The van der Waals surface area contributed by atoms with Crippen LogP contribution >= 0.6 is 0 Å². The molecule has 2 aliphatic rings.